The molecule has 0 heterocycles. The van der Waals surface area contributed by atoms with Gasteiger partial charge >= 0.3 is 0 Å². The fraction of sp³-hybridized carbons (Fsp3) is 0. The van der Waals surface area contributed by atoms with Gasteiger partial charge in [0.15, 0.2) is 0 Å². The van der Waals surface area contributed by atoms with Gasteiger partial charge in [0.05, 0.1) is 0 Å². The maximum atomic E-state index is 10.8. The van der Waals surface area contributed by atoms with Gasteiger partial charge in [-0.3, -0.25) is 4.79 Å². The molecular weight excluding hydrogens is 234 g/mol. The fourth-order valence-electron chi connectivity index (χ4n) is 2.47. The van der Waals surface area contributed by atoms with Gasteiger partial charge in [0.25, 0.3) is 0 Å². The van der Waals surface area contributed by atoms with Gasteiger partial charge in [-0.1, -0.05) is 60.7 Å². The van der Waals surface area contributed by atoms with Crippen molar-refractivity contribution in [1.29, 1.82) is 0 Å². The number of carbonyl (C=O) groups excluding carboxylic acids is 1. The molecule has 0 aromatic heterocycles. The highest BCUT2D eigenvalue weighted by molar-refractivity contribution is 6.01. The molecule has 2 heteroatoms. The molecule has 1 aliphatic carbocycles. The van der Waals surface area contributed by atoms with Crippen LogP contribution < -0.4 is 5.73 Å². The Bertz CT molecular complexity index is 663. The van der Waals surface area contributed by atoms with Gasteiger partial charge < -0.3 is 5.73 Å². The van der Waals surface area contributed by atoms with Crippen molar-refractivity contribution in [3.05, 3.63) is 77.9 Å². The number of hydrogen-bond donors (Lipinski definition) is 1. The molecule has 2 N–H and O–H groups in total. The maximum Gasteiger partial charge on any atom is 0.241 e. The zero-order valence-corrected chi connectivity index (χ0v) is 10.3. The standard InChI is InChI=1S/C17H13NO/c18-17(19)11-5-10-16-14-8-3-1-6-12(14)13-7-2-4-9-15(13)16/h1-11H,(H2,18,19)/b11-5+. The zero-order valence-electron chi connectivity index (χ0n) is 10.3. The van der Waals surface area contributed by atoms with Gasteiger partial charge in [-0.2, -0.15) is 0 Å². The number of nitrogens with two attached hydrogens (primary N) is 1. The summed E-state index contributed by atoms with van der Waals surface area (Å²) in [5.74, 6) is -0.434. The van der Waals surface area contributed by atoms with Crippen LogP contribution in [0.2, 0.25) is 0 Å². The van der Waals surface area contributed by atoms with Crippen LogP contribution >= 0.6 is 0 Å². The predicted molar refractivity (Wildman–Crippen MR) is 77.3 cm³/mol. The quantitative estimate of drug-likeness (QED) is 0.694. The van der Waals surface area contributed by atoms with Crippen LogP contribution in [0.4, 0.5) is 0 Å². The molecule has 0 atom stereocenters. The minimum atomic E-state index is -0.434. The van der Waals surface area contributed by atoms with Crippen molar-refractivity contribution in [1.82, 2.24) is 0 Å². The first kappa shape index (κ1) is 11.5. The maximum absolute atomic E-state index is 10.8. The lowest BCUT2D eigenvalue weighted by Crippen LogP contribution is -2.04. The zero-order chi connectivity index (χ0) is 13.2. The summed E-state index contributed by atoms with van der Waals surface area (Å²) in [6.07, 6.45) is 5.02. The summed E-state index contributed by atoms with van der Waals surface area (Å²) in [5, 5.41) is 0. The van der Waals surface area contributed by atoms with E-state index in [9.17, 15) is 4.79 Å². The van der Waals surface area contributed by atoms with Crippen LogP contribution in [0.3, 0.4) is 0 Å². The van der Waals surface area contributed by atoms with E-state index in [1.165, 1.54) is 28.3 Å². The molecule has 0 radical (unpaired) electrons. The molecular formula is C17H13NO. The van der Waals surface area contributed by atoms with E-state index in [1.807, 2.05) is 30.3 Å². The van der Waals surface area contributed by atoms with E-state index >= 15 is 0 Å². The summed E-state index contributed by atoms with van der Waals surface area (Å²) in [5.41, 5.74) is 11.1. The van der Waals surface area contributed by atoms with Gasteiger partial charge in [0.1, 0.15) is 0 Å². The Morgan fingerprint density at radius 1 is 0.842 bits per heavy atom. The molecule has 0 unspecified atom stereocenters. The topological polar surface area (TPSA) is 43.1 Å². The summed E-state index contributed by atoms with van der Waals surface area (Å²) in [7, 11) is 0. The second kappa shape index (κ2) is 4.58. The molecule has 0 bridgehead atoms. The lowest BCUT2D eigenvalue weighted by molar-refractivity contribution is -0.113. The Labute approximate surface area is 111 Å². The van der Waals surface area contributed by atoms with E-state index in [0.29, 0.717) is 0 Å². The first-order valence-electron chi connectivity index (χ1n) is 6.14. The smallest absolute Gasteiger partial charge is 0.241 e. The number of allylic oxidation sites excluding steroid dienone is 2. The molecule has 0 spiro atoms. The molecule has 0 fully saturated rings. The predicted octanol–water partition coefficient (Wildman–Crippen LogP) is 3.14. The van der Waals surface area contributed by atoms with Crippen molar-refractivity contribution in [3.63, 3.8) is 0 Å². The number of primary amides is 1. The van der Waals surface area contributed by atoms with Crippen molar-refractivity contribution < 1.29 is 4.79 Å². The molecule has 1 aliphatic rings. The van der Waals surface area contributed by atoms with Crippen molar-refractivity contribution in [2.45, 2.75) is 0 Å². The highest BCUT2D eigenvalue weighted by Gasteiger charge is 2.21. The first-order chi connectivity index (χ1) is 9.27. The monoisotopic (exact) mass is 247 g/mol. The fourth-order valence-corrected chi connectivity index (χ4v) is 2.47. The van der Waals surface area contributed by atoms with Gasteiger partial charge in [-0.05, 0) is 27.8 Å². The molecule has 2 aromatic rings. The molecule has 0 saturated heterocycles. The van der Waals surface area contributed by atoms with Crippen LogP contribution in [0.15, 0.2) is 66.8 Å². The van der Waals surface area contributed by atoms with Crippen molar-refractivity contribution in [3.8, 4) is 11.1 Å². The van der Waals surface area contributed by atoms with Crippen molar-refractivity contribution >= 4 is 11.5 Å². The third kappa shape index (κ3) is 1.97. The number of benzene rings is 2. The van der Waals surface area contributed by atoms with E-state index in [2.05, 4.69) is 24.3 Å². The minimum absolute atomic E-state index is 0.434. The molecule has 92 valence electrons. The van der Waals surface area contributed by atoms with Gasteiger partial charge in [-0.25, -0.2) is 0 Å². The summed E-state index contributed by atoms with van der Waals surface area (Å²) < 4.78 is 0. The second-order valence-corrected chi connectivity index (χ2v) is 4.43. The molecule has 2 aromatic carbocycles. The summed E-state index contributed by atoms with van der Waals surface area (Å²) >= 11 is 0. The van der Waals surface area contributed by atoms with Gasteiger partial charge in [-0.15, -0.1) is 0 Å². The largest absolute Gasteiger partial charge is 0.366 e. The average Bonchev–Trinajstić information content (AvgIpc) is 2.74. The number of rotatable bonds is 2. The van der Waals surface area contributed by atoms with Crippen LogP contribution in [0.5, 0.6) is 0 Å². The van der Waals surface area contributed by atoms with Crippen LogP contribution in [0.1, 0.15) is 11.1 Å². The van der Waals surface area contributed by atoms with Crippen molar-refractivity contribution in [2.24, 2.45) is 5.73 Å². The van der Waals surface area contributed by atoms with Crippen LogP contribution in [0, 0.1) is 0 Å². The van der Waals surface area contributed by atoms with Gasteiger partial charge in [0.2, 0.25) is 5.91 Å². The third-order valence-electron chi connectivity index (χ3n) is 3.25. The average molecular weight is 247 g/mol. The molecule has 0 aliphatic heterocycles. The van der Waals surface area contributed by atoms with E-state index < -0.39 is 5.91 Å². The number of fused-ring (bicyclic) bond motifs is 3. The Kier molecular flexibility index (Phi) is 2.76. The molecule has 2 nitrogen and oxygen atoms in total. The van der Waals surface area contributed by atoms with E-state index in [4.69, 9.17) is 5.73 Å². The first-order valence-corrected chi connectivity index (χ1v) is 6.14. The highest BCUT2D eigenvalue weighted by Crippen LogP contribution is 2.43. The Morgan fingerprint density at radius 3 is 1.79 bits per heavy atom. The van der Waals surface area contributed by atoms with Crippen LogP contribution in [0.25, 0.3) is 16.7 Å². The summed E-state index contributed by atoms with van der Waals surface area (Å²) in [4.78, 5) is 10.8. The summed E-state index contributed by atoms with van der Waals surface area (Å²) in [6, 6.07) is 16.6. The van der Waals surface area contributed by atoms with E-state index in [1.54, 1.807) is 6.08 Å². The molecule has 19 heavy (non-hydrogen) atoms. The molecule has 1 amide bonds. The molecule has 0 saturated carbocycles. The minimum Gasteiger partial charge on any atom is -0.366 e. The molecule has 3 rings (SSSR count). The van der Waals surface area contributed by atoms with E-state index in [-0.39, 0.29) is 0 Å². The van der Waals surface area contributed by atoms with Gasteiger partial charge in [0, 0.05) is 6.08 Å². The normalized spacial score (nSPS) is 12.3. The highest BCUT2D eigenvalue weighted by atomic mass is 16.1. The number of amides is 1. The lowest BCUT2D eigenvalue weighted by Gasteiger charge is -2.00. The number of hydrogen-bond acceptors (Lipinski definition) is 1. The Balaban J connectivity index is 2.17. The lowest BCUT2D eigenvalue weighted by atomic mass is 10.0. The number of carbonyl (C=O) groups is 1. The van der Waals surface area contributed by atoms with E-state index in [0.717, 1.165) is 5.57 Å². The van der Waals surface area contributed by atoms with Crippen LogP contribution in [-0.2, 0) is 4.79 Å². The Morgan fingerprint density at radius 2 is 1.32 bits per heavy atom. The van der Waals surface area contributed by atoms with Crippen molar-refractivity contribution in [2.75, 3.05) is 0 Å². The Hall–Kier alpha value is -2.61. The third-order valence-corrected chi connectivity index (χ3v) is 3.25. The SMILES string of the molecule is NC(=O)/C=C/C=C1c2ccccc2-c2ccccc21. The second-order valence-electron chi connectivity index (χ2n) is 4.43. The summed E-state index contributed by atoms with van der Waals surface area (Å²) in [6.45, 7) is 0. The van der Waals surface area contributed by atoms with Crippen LogP contribution in [-0.4, -0.2) is 5.91 Å².